The van der Waals surface area contributed by atoms with Crippen molar-refractivity contribution in [2.24, 2.45) is 5.92 Å². The average Bonchev–Trinajstić information content (AvgIpc) is 2.35. The molecule has 0 aliphatic carbocycles. The third-order valence-electron chi connectivity index (χ3n) is 2.53. The molecule has 1 rings (SSSR count). The summed E-state index contributed by atoms with van der Waals surface area (Å²) in [6.45, 7) is 10.6. The van der Waals surface area contributed by atoms with Gasteiger partial charge < -0.3 is 10.2 Å². The van der Waals surface area contributed by atoms with Crippen molar-refractivity contribution >= 4 is 11.8 Å². The lowest BCUT2D eigenvalue weighted by Crippen LogP contribution is -2.29. The molecule has 0 aliphatic rings. The molecule has 18 heavy (non-hydrogen) atoms. The van der Waals surface area contributed by atoms with E-state index in [1.165, 1.54) is 6.20 Å². The maximum Gasteiger partial charge on any atom is 0.224 e. The van der Waals surface area contributed by atoms with Crippen molar-refractivity contribution in [3.8, 4) is 0 Å². The van der Waals surface area contributed by atoms with Crippen molar-refractivity contribution in [2.75, 3.05) is 29.9 Å². The van der Waals surface area contributed by atoms with E-state index in [-0.39, 0.29) is 5.82 Å². The van der Waals surface area contributed by atoms with Crippen LogP contribution in [0.3, 0.4) is 0 Å². The summed E-state index contributed by atoms with van der Waals surface area (Å²) in [7, 11) is 0. The number of nitrogens with zero attached hydrogens (tertiary/aromatic N) is 3. The Morgan fingerprint density at radius 1 is 1.39 bits per heavy atom. The summed E-state index contributed by atoms with van der Waals surface area (Å²) in [4.78, 5) is 10.2. The van der Waals surface area contributed by atoms with E-state index in [1.807, 2.05) is 11.8 Å². The molecule has 0 bridgehead atoms. The van der Waals surface area contributed by atoms with Crippen LogP contribution >= 0.6 is 0 Å². The second-order valence-corrected chi connectivity index (χ2v) is 4.72. The van der Waals surface area contributed by atoms with Crippen LogP contribution in [0, 0.1) is 11.7 Å². The Kier molecular flexibility index (Phi) is 5.82. The summed E-state index contributed by atoms with van der Waals surface area (Å²) in [5, 5.41) is 3.08. The van der Waals surface area contributed by atoms with Gasteiger partial charge in [0.15, 0.2) is 11.6 Å². The molecule has 0 saturated carbocycles. The highest BCUT2D eigenvalue weighted by Crippen LogP contribution is 2.18. The fourth-order valence-electron chi connectivity index (χ4n) is 1.71. The predicted octanol–water partition coefficient (Wildman–Crippen LogP) is 2.92. The molecule has 0 aromatic carbocycles. The second kappa shape index (κ2) is 7.13. The Hall–Kier alpha value is -1.39. The highest BCUT2D eigenvalue weighted by atomic mass is 19.1. The van der Waals surface area contributed by atoms with Crippen LogP contribution < -0.4 is 10.2 Å². The monoisotopic (exact) mass is 254 g/mol. The van der Waals surface area contributed by atoms with Gasteiger partial charge in [-0.05, 0) is 19.3 Å². The van der Waals surface area contributed by atoms with E-state index >= 15 is 0 Å². The van der Waals surface area contributed by atoms with E-state index < -0.39 is 0 Å². The lowest BCUT2D eigenvalue weighted by molar-refractivity contribution is 0.574. The zero-order chi connectivity index (χ0) is 13.5. The highest BCUT2D eigenvalue weighted by molar-refractivity contribution is 5.43. The van der Waals surface area contributed by atoms with Crippen LogP contribution in [-0.2, 0) is 0 Å². The first-order valence-electron chi connectivity index (χ1n) is 6.59. The van der Waals surface area contributed by atoms with Gasteiger partial charge in [-0.25, -0.2) is 9.37 Å². The van der Waals surface area contributed by atoms with Gasteiger partial charge >= 0.3 is 0 Å². The molecule has 0 amide bonds. The molecule has 1 N–H and O–H groups in total. The zero-order valence-corrected chi connectivity index (χ0v) is 11.7. The number of nitrogens with one attached hydrogen (secondary N) is 1. The van der Waals surface area contributed by atoms with Crippen molar-refractivity contribution in [2.45, 2.75) is 34.1 Å². The van der Waals surface area contributed by atoms with Crippen LogP contribution in [-0.4, -0.2) is 29.6 Å². The van der Waals surface area contributed by atoms with Gasteiger partial charge in [-0.3, -0.25) is 0 Å². The SMILES string of the molecule is CCCNc1ncc(F)c(N(CC)CC(C)C)n1. The van der Waals surface area contributed by atoms with Crippen LogP contribution in [0.15, 0.2) is 6.20 Å². The third kappa shape index (κ3) is 4.13. The molecule has 1 aromatic rings. The van der Waals surface area contributed by atoms with E-state index in [1.54, 1.807) is 0 Å². The summed E-state index contributed by atoms with van der Waals surface area (Å²) >= 11 is 0. The van der Waals surface area contributed by atoms with E-state index in [2.05, 4.69) is 36.1 Å². The summed E-state index contributed by atoms with van der Waals surface area (Å²) in [6.07, 6.45) is 2.23. The number of halogens is 1. The topological polar surface area (TPSA) is 41.1 Å². The zero-order valence-electron chi connectivity index (χ0n) is 11.7. The van der Waals surface area contributed by atoms with Gasteiger partial charge in [-0.15, -0.1) is 0 Å². The minimum Gasteiger partial charge on any atom is -0.354 e. The number of hydrogen-bond donors (Lipinski definition) is 1. The molecule has 5 heteroatoms. The maximum absolute atomic E-state index is 13.8. The van der Waals surface area contributed by atoms with Crippen LogP contribution in [0.2, 0.25) is 0 Å². The summed E-state index contributed by atoms with van der Waals surface area (Å²) in [6, 6.07) is 0. The van der Waals surface area contributed by atoms with Gasteiger partial charge in [-0.1, -0.05) is 20.8 Å². The van der Waals surface area contributed by atoms with Crippen molar-refractivity contribution in [1.82, 2.24) is 9.97 Å². The number of rotatable bonds is 7. The van der Waals surface area contributed by atoms with Gasteiger partial charge in [0.1, 0.15) is 0 Å². The fourth-order valence-corrected chi connectivity index (χ4v) is 1.71. The minimum atomic E-state index is -0.362. The van der Waals surface area contributed by atoms with E-state index in [0.717, 1.165) is 26.1 Å². The Balaban J connectivity index is 2.90. The number of aromatic nitrogens is 2. The van der Waals surface area contributed by atoms with Gasteiger partial charge in [0.2, 0.25) is 5.95 Å². The Bertz CT molecular complexity index is 368. The summed E-state index contributed by atoms with van der Waals surface area (Å²) in [5.41, 5.74) is 0. The molecule has 0 spiro atoms. The smallest absolute Gasteiger partial charge is 0.224 e. The lowest BCUT2D eigenvalue weighted by Gasteiger charge is -2.24. The molecule has 0 fully saturated rings. The van der Waals surface area contributed by atoms with Gasteiger partial charge in [0.05, 0.1) is 6.20 Å². The van der Waals surface area contributed by atoms with Crippen molar-refractivity contribution < 1.29 is 4.39 Å². The lowest BCUT2D eigenvalue weighted by atomic mass is 10.2. The van der Waals surface area contributed by atoms with Crippen LogP contribution in [0.1, 0.15) is 34.1 Å². The molecule has 4 nitrogen and oxygen atoms in total. The molecule has 0 saturated heterocycles. The quantitative estimate of drug-likeness (QED) is 0.812. The molecule has 0 radical (unpaired) electrons. The van der Waals surface area contributed by atoms with E-state index in [9.17, 15) is 4.39 Å². The van der Waals surface area contributed by atoms with Crippen molar-refractivity contribution in [3.63, 3.8) is 0 Å². The molecule has 0 aliphatic heterocycles. The molecular formula is C13H23FN4. The Morgan fingerprint density at radius 2 is 2.11 bits per heavy atom. The first-order valence-corrected chi connectivity index (χ1v) is 6.59. The third-order valence-corrected chi connectivity index (χ3v) is 2.53. The predicted molar refractivity (Wildman–Crippen MR) is 73.5 cm³/mol. The molecule has 1 heterocycles. The van der Waals surface area contributed by atoms with E-state index in [4.69, 9.17) is 0 Å². The Labute approximate surface area is 109 Å². The van der Waals surface area contributed by atoms with Crippen LogP contribution in [0.5, 0.6) is 0 Å². The highest BCUT2D eigenvalue weighted by Gasteiger charge is 2.14. The first-order chi connectivity index (χ1) is 8.58. The van der Waals surface area contributed by atoms with Gasteiger partial charge in [0.25, 0.3) is 0 Å². The van der Waals surface area contributed by atoms with Gasteiger partial charge in [-0.2, -0.15) is 4.98 Å². The van der Waals surface area contributed by atoms with Crippen LogP contribution in [0.25, 0.3) is 0 Å². The molecule has 0 atom stereocenters. The first kappa shape index (κ1) is 14.7. The van der Waals surface area contributed by atoms with Crippen molar-refractivity contribution in [3.05, 3.63) is 12.0 Å². The standard InChI is InChI=1S/C13H23FN4/c1-5-7-15-13-16-8-11(14)12(17-13)18(6-2)9-10(3)4/h8,10H,5-7,9H2,1-4H3,(H,15,16,17). The Morgan fingerprint density at radius 3 is 2.67 bits per heavy atom. The number of hydrogen-bond acceptors (Lipinski definition) is 4. The molecule has 102 valence electrons. The largest absolute Gasteiger partial charge is 0.354 e. The van der Waals surface area contributed by atoms with Crippen LogP contribution in [0.4, 0.5) is 16.2 Å². The summed E-state index contributed by atoms with van der Waals surface area (Å²) in [5.74, 6) is 0.987. The molecular weight excluding hydrogens is 231 g/mol. The fraction of sp³-hybridized carbons (Fsp3) is 0.692. The second-order valence-electron chi connectivity index (χ2n) is 4.72. The van der Waals surface area contributed by atoms with E-state index in [0.29, 0.717) is 17.7 Å². The molecule has 1 aromatic heterocycles. The average molecular weight is 254 g/mol. The van der Waals surface area contributed by atoms with Gasteiger partial charge in [0, 0.05) is 19.6 Å². The maximum atomic E-state index is 13.8. The summed E-state index contributed by atoms with van der Waals surface area (Å²) < 4.78 is 13.8. The molecule has 0 unspecified atom stereocenters. The van der Waals surface area contributed by atoms with Crippen molar-refractivity contribution in [1.29, 1.82) is 0 Å². The number of anilines is 2. The minimum absolute atomic E-state index is 0.362. The normalized spacial score (nSPS) is 10.8.